The lowest BCUT2D eigenvalue weighted by Crippen LogP contribution is -2.58. The molecule has 0 radical (unpaired) electrons. The van der Waals surface area contributed by atoms with Gasteiger partial charge in [0.2, 0.25) is 23.3 Å². The summed E-state index contributed by atoms with van der Waals surface area (Å²) in [4.78, 5) is 67.4. The molecule has 0 fully saturated rings. The van der Waals surface area contributed by atoms with Crippen molar-refractivity contribution in [3.63, 3.8) is 0 Å². The zero-order chi connectivity index (χ0) is 41.8. The minimum absolute atomic E-state index is 0.0713. The molecule has 0 saturated carbocycles. The Labute approximate surface area is 321 Å². The van der Waals surface area contributed by atoms with Gasteiger partial charge < -0.3 is 44.4 Å². The zero-order valence-corrected chi connectivity index (χ0v) is 34.2. The fourth-order valence-corrected chi connectivity index (χ4v) is 6.36. The highest BCUT2D eigenvalue weighted by Gasteiger charge is 2.45. The number of amides is 3. The summed E-state index contributed by atoms with van der Waals surface area (Å²) in [5, 5.41) is 40.5. The SMILES string of the molecule is COc1c(O)cc2cc1Oc1ccc(cc1[N+](=O)[O-])[C@@H](O[Si](C)(C)C(C)(C)C)[C@@H](NC(=O)OC(C)(C)C)C(=O)N[C@@H](CC#N)C(=O)N[C@H]2C(=O)OC(C)(C)C. The fourth-order valence-electron chi connectivity index (χ4n) is 5.09. The number of phenolic OH excluding ortho intramolecular Hbond substituents is 1. The van der Waals surface area contributed by atoms with Gasteiger partial charge in [-0.1, -0.05) is 26.8 Å². The molecule has 0 unspecified atom stereocenters. The third kappa shape index (κ3) is 11.3. The molecule has 4 N–H and O–H groups in total. The van der Waals surface area contributed by atoms with Crippen LogP contribution in [-0.2, 0) is 28.3 Å². The van der Waals surface area contributed by atoms with Gasteiger partial charge in [-0.25, -0.2) is 9.59 Å². The zero-order valence-electron chi connectivity index (χ0n) is 33.2. The van der Waals surface area contributed by atoms with Crippen LogP contribution in [0.2, 0.25) is 18.1 Å². The number of nitro groups is 1. The van der Waals surface area contributed by atoms with Crippen LogP contribution in [0.3, 0.4) is 0 Å². The first-order valence-corrected chi connectivity index (χ1v) is 20.3. The van der Waals surface area contributed by atoms with E-state index in [2.05, 4.69) is 16.0 Å². The Kier molecular flexibility index (Phi) is 13.2. The van der Waals surface area contributed by atoms with Crippen LogP contribution in [0.5, 0.6) is 23.0 Å². The van der Waals surface area contributed by atoms with Crippen molar-refractivity contribution in [2.24, 2.45) is 0 Å². The van der Waals surface area contributed by atoms with E-state index >= 15 is 0 Å². The molecule has 4 bridgehead atoms. The second-order valence-electron chi connectivity index (χ2n) is 16.5. The number of nitro benzene ring substituents is 1. The Hall–Kier alpha value is -5.41. The number of carbonyl (C=O) groups is 4. The molecule has 4 rings (SSSR count). The average Bonchev–Trinajstić information content (AvgIpc) is 3.02. The monoisotopic (exact) mass is 785 g/mol. The summed E-state index contributed by atoms with van der Waals surface area (Å²) >= 11 is 0. The van der Waals surface area contributed by atoms with E-state index in [0.29, 0.717) is 0 Å². The van der Waals surface area contributed by atoms with E-state index in [0.717, 1.165) is 12.1 Å². The molecule has 2 aromatic rings. The number of nitriles is 1. The van der Waals surface area contributed by atoms with Crippen molar-refractivity contribution >= 4 is 37.9 Å². The molecule has 0 aromatic heterocycles. The lowest BCUT2D eigenvalue weighted by Gasteiger charge is -2.41. The number of phenols is 1. The molecule has 2 aromatic carbocycles. The molecule has 2 aliphatic heterocycles. The molecule has 2 aliphatic rings. The van der Waals surface area contributed by atoms with Crippen LogP contribution in [0.15, 0.2) is 30.3 Å². The summed E-state index contributed by atoms with van der Waals surface area (Å²) in [5.41, 5.74) is -2.71. The van der Waals surface area contributed by atoms with Gasteiger partial charge in [-0.15, -0.1) is 0 Å². The Morgan fingerprint density at radius 3 is 2.11 bits per heavy atom. The lowest BCUT2D eigenvalue weighted by atomic mass is 9.99. The molecule has 17 nitrogen and oxygen atoms in total. The van der Waals surface area contributed by atoms with Crippen LogP contribution >= 0.6 is 0 Å². The predicted octanol–water partition coefficient (Wildman–Crippen LogP) is 5.97. The number of nitrogens with one attached hydrogen (secondary N) is 3. The minimum atomic E-state index is -2.91. The first kappa shape index (κ1) is 44.0. The van der Waals surface area contributed by atoms with Gasteiger partial charge in [0.05, 0.1) is 24.5 Å². The van der Waals surface area contributed by atoms with Crippen molar-refractivity contribution in [1.29, 1.82) is 5.26 Å². The number of rotatable bonds is 7. The summed E-state index contributed by atoms with van der Waals surface area (Å²) < 4.78 is 29.2. The molecular weight excluding hydrogens is 735 g/mol. The largest absolute Gasteiger partial charge is 0.504 e. The van der Waals surface area contributed by atoms with E-state index in [1.807, 2.05) is 39.9 Å². The average molecular weight is 786 g/mol. The maximum absolute atomic E-state index is 14.4. The number of alkyl carbamates (subject to hydrolysis) is 1. The van der Waals surface area contributed by atoms with E-state index in [-0.39, 0.29) is 28.4 Å². The highest BCUT2D eigenvalue weighted by Crippen LogP contribution is 2.46. The van der Waals surface area contributed by atoms with E-state index in [1.165, 1.54) is 25.3 Å². The highest BCUT2D eigenvalue weighted by molar-refractivity contribution is 6.74. The third-order valence-electron chi connectivity index (χ3n) is 8.67. The summed E-state index contributed by atoms with van der Waals surface area (Å²) in [6, 6.07) is 2.92. The number of fused-ring (bicyclic) bond motifs is 9. The topological polar surface area (TPSA) is 238 Å². The van der Waals surface area contributed by atoms with Crippen molar-refractivity contribution in [2.75, 3.05) is 7.11 Å². The Bertz CT molecular complexity index is 1860. The minimum Gasteiger partial charge on any atom is -0.504 e. The smallest absolute Gasteiger partial charge is 0.408 e. The molecule has 4 atom stereocenters. The number of ether oxygens (including phenoxy) is 4. The number of hydrogen-bond donors (Lipinski definition) is 4. The number of esters is 1. The van der Waals surface area contributed by atoms with Crippen molar-refractivity contribution in [3.05, 3.63) is 51.6 Å². The third-order valence-corrected chi connectivity index (χ3v) is 13.1. The lowest BCUT2D eigenvalue weighted by molar-refractivity contribution is -0.385. The molecular formula is C37H51N5O12Si. The maximum atomic E-state index is 14.4. The van der Waals surface area contributed by atoms with Crippen molar-refractivity contribution in [2.45, 2.75) is 122 Å². The van der Waals surface area contributed by atoms with Crippen LogP contribution in [-0.4, -0.2) is 72.6 Å². The molecule has 55 heavy (non-hydrogen) atoms. The first-order valence-electron chi connectivity index (χ1n) is 17.4. The van der Waals surface area contributed by atoms with Crippen LogP contribution < -0.4 is 25.4 Å². The summed E-state index contributed by atoms with van der Waals surface area (Å²) in [5.74, 6) is -4.45. The van der Waals surface area contributed by atoms with Crippen molar-refractivity contribution in [1.82, 2.24) is 16.0 Å². The van der Waals surface area contributed by atoms with Crippen LogP contribution in [0.25, 0.3) is 0 Å². The molecule has 300 valence electrons. The molecule has 0 spiro atoms. The van der Waals surface area contributed by atoms with Crippen LogP contribution in [0.1, 0.15) is 92.0 Å². The molecule has 0 aliphatic carbocycles. The van der Waals surface area contributed by atoms with Crippen LogP contribution in [0, 0.1) is 21.4 Å². The highest BCUT2D eigenvalue weighted by atomic mass is 28.4. The van der Waals surface area contributed by atoms with Gasteiger partial charge in [0.25, 0.3) is 0 Å². The van der Waals surface area contributed by atoms with Crippen LogP contribution in [0.4, 0.5) is 10.5 Å². The van der Waals surface area contributed by atoms with Gasteiger partial charge in [-0.2, -0.15) is 5.26 Å². The molecule has 18 heteroatoms. The number of carbonyl (C=O) groups excluding carboxylic acids is 4. The second kappa shape index (κ2) is 16.5. The fraction of sp³-hybridized carbons (Fsp3) is 0.541. The predicted molar refractivity (Wildman–Crippen MR) is 201 cm³/mol. The molecule has 0 saturated heterocycles. The summed E-state index contributed by atoms with van der Waals surface area (Å²) in [6.07, 6.45) is -3.08. The number of benzene rings is 2. The van der Waals surface area contributed by atoms with Gasteiger partial charge in [-0.3, -0.25) is 19.7 Å². The van der Waals surface area contributed by atoms with Crippen molar-refractivity contribution in [3.8, 4) is 29.1 Å². The van der Waals surface area contributed by atoms with E-state index in [9.17, 15) is 39.7 Å². The number of nitrogens with zero attached hydrogens (tertiary/aromatic N) is 2. The Balaban J connectivity index is 2.45. The maximum Gasteiger partial charge on any atom is 0.408 e. The standard InChI is InChI=1S/C37H51N5O12Si/c1-35(2,3)52-33(46)27-21-18-24(43)30(50-10)26(19-21)51-25-14-13-20(17-23(25)42(48)49)29(54-55(11,12)37(7,8)9)28(41-34(47)53-36(4,5)6)32(45)39-22(15-16-38)31(44)40-27/h13-14,17-19,22,27-29,43H,15H2,1-12H3,(H,39,45)(H,40,44)(H,41,47)/t22-,27+,28+,29+/m0/s1. The van der Waals surface area contributed by atoms with Gasteiger partial charge in [0, 0.05) is 6.07 Å². The van der Waals surface area contributed by atoms with E-state index in [1.54, 1.807) is 41.5 Å². The van der Waals surface area contributed by atoms with Gasteiger partial charge in [-0.05, 0) is 89.0 Å². The Morgan fingerprint density at radius 1 is 0.964 bits per heavy atom. The van der Waals surface area contributed by atoms with Gasteiger partial charge in [0.15, 0.2) is 25.9 Å². The summed E-state index contributed by atoms with van der Waals surface area (Å²) in [7, 11) is -1.70. The summed E-state index contributed by atoms with van der Waals surface area (Å²) in [6.45, 7) is 19.1. The van der Waals surface area contributed by atoms with Gasteiger partial charge in [0.1, 0.15) is 29.4 Å². The number of aromatic hydroxyl groups is 1. The Morgan fingerprint density at radius 2 is 1.58 bits per heavy atom. The number of methoxy groups -OCH3 is 1. The van der Waals surface area contributed by atoms with Gasteiger partial charge >= 0.3 is 17.7 Å². The van der Waals surface area contributed by atoms with E-state index < -0.39 is 95.4 Å². The second-order valence-corrected chi connectivity index (χ2v) is 21.2. The van der Waals surface area contributed by atoms with E-state index in [4.69, 9.17) is 23.4 Å². The molecule has 2 heterocycles. The number of hydrogen-bond acceptors (Lipinski definition) is 13. The normalized spacial score (nSPS) is 19.5. The molecule has 3 amide bonds. The quantitative estimate of drug-likeness (QED) is 0.110. The first-order chi connectivity index (χ1) is 25.2. The van der Waals surface area contributed by atoms with Crippen molar-refractivity contribution < 1.29 is 52.6 Å².